The first-order valence-corrected chi connectivity index (χ1v) is 17.6. The van der Waals surface area contributed by atoms with Gasteiger partial charge in [0.2, 0.25) is 0 Å². The maximum absolute atomic E-state index is 4.63. The normalized spacial score (nSPS) is 11.6. The molecule has 10 rings (SSSR count). The molecule has 9 aromatic carbocycles. The molecule has 238 valence electrons. The van der Waals surface area contributed by atoms with Crippen LogP contribution in [-0.4, -0.2) is 4.98 Å². The van der Waals surface area contributed by atoms with Gasteiger partial charge in [-0.25, -0.2) is 0 Å². The Morgan fingerprint density at radius 3 is 1.67 bits per heavy atom. The number of hydrogen-bond acceptors (Lipinski definition) is 1. The van der Waals surface area contributed by atoms with E-state index in [1.54, 1.807) is 0 Å². The number of aromatic nitrogens is 1. The molecule has 1 heterocycles. The molecule has 0 unspecified atom stereocenters. The first-order chi connectivity index (χ1) is 25.2. The lowest BCUT2D eigenvalue weighted by atomic mass is 9.88. The SMILES string of the molecule is Cc1cccc2ccc3cccc(-c4cccc5ccc6cc(-c7ccc(-c8ccc(-c9ccccn9)c9ccccc89)cc7)ccc6c45)c3c12. The lowest BCUT2D eigenvalue weighted by molar-refractivity contribution is 1.33. The van der Waals surface area contributed by atoms with Crippen molar-refractivity contribution in [3.8, 4) is 44.6 Å². The lowest BCUT2D eigenvalue weighted by Crippen LogP contribution is -1.89. The molecule has 0 aliphatic rings. The fraction of sp³-hybridized carbons (Fsp3) is 0.0200. The van der Waals surface area contributed by atoms with Crippen molar-refractivity contribution in [2.45, 2.75) is 6.92 Å². The summed E-state index contributed by atoms with van der Waals surface area (Å²) < 4.78 is 0. The Hall–Kier alpha value is -6.57. The summed E-state index contributed by atoms with van der Waals surface area (Å²) in [6.45, 7) is 2.23. The van der Waals surface area contributed by atoms with Gasteiger partial charge in [-0.3, -0.25) is 4.98 Å². The number of hydrogen-bond donors (Lipinski definition) is 0. The van der Waals surface area contributed by atoms with Gasteiger partial charge in [0, 0.05) is 11.8 Å². The number of nitrogens with zero attached hydrogens (tertiary/aromatic N) is 1. The Morgan fingerprint density at radius 2 is 0.922 bits per heavy atom. The average molecular weight is 648 g/mol. The summed E-state index contributed by atoms with van der Waals surface area (Å²) in [6, 6.07) is 64.3. The minimum atomic E-state index is 0.993. The summed E-state index contributed by atoms with van der Waals surface area (Å²) in [7, 11) is 0. The van der Waals surface area contributed by atoms with Crippen molar-refractivity contribution in [3.63, 3.8) is 0 Å². The fourth-order valence-corrected chi connectivity index (χ4v) is 8.22. The van der Waals surface area contributed by atoms with Crippen molar-refractivity contribution in [1.82, 2.24) is 4.98 Å². The summed E-state index contributed by atoms with van der Waals surface area (Å²) in [4.78, 5) is 4.63. The minimum Gasteiger partial charge on any atom is -0.256 e. The maximum Gasteiger partial charge on any atom is 0.0708 e. The molecule has 0 fully saturated rings. The van der Waals surface area contributed by atoms with E-state index in [-0.39, 0.29) is 0 Å². The van der Waals surface area contributed by atoms with Gasteiger partial charge in [0.1, 0.15) is 0 Å². The van der Waals surface area contributed by atoms with Gasteiger partial charge in [-0.05, 0) is 118 Å². The molecule has 51 heavy (non-hydrogen) atoms. The van der Waals surface area contributed by atoms with Crippen LogP contribution in [0.5, 0.6) is 0 Å². The van der Waals surface area contributed by atoms with Crippen molar-refractivity contribution < 1.29 is 0 Å². The van der Waals surface area contributed by atoms with Crippen LogP contribution in [-0.2, 0) is 0 Å². The molecule has 0 radical (unpaired) electrons. The monoisotopic (exact) mass is 647 g/mol. The van der Waals surface area contributed by atoms with E-state index in [0.29, 0.717) is 0 Å². The Morgan fingerprint density at radius 1 is 0.333 bits per heavy atom. The van der Waals surface area contributed by atoms with Gasteiger partial charge in [0.25, 0.3) is 0 Å². The molecular formula is C50H33N. The fourth-order valence-electron chi connectivity index (χ4n) is 8.22. The van der Waals surface area contributed by atoms with Gasteiger partial charge in [-0.1, -0.05) is 158 Å². The highest BCUT2D eigenvalue weighted by molar-refractivity contribution is 6.21. The number of benzene rings is 9. The third-order valence-electron chi connectivity index (χ3n) is 10.6. The predicted octanol–water partition coefficient (Wildman–Crippen LogP) is 13.8. The van der Waals surface area contributed by atoms with E-state index in [2.05, 4.69) is 176 Å². The second-order valence-electron chi connectivity index (χ2n) is 13.5. The summed E-state index contributed by atoms with van der Waals surface area (Å²) in [5.41, 5.74) is 10.9. The van der Waals surface area contributed by atoms with Gasteiger partial charge in [-0.15, -0.1) is 0 Å². The van der Waals surface area contributed by atoms with Gasteiger partial charge < -0.3 is 0 Å². The molecule has 0 atom stereocenters. The van der Waals surface area contributed by atoms with Crippen molar-refractivity contribution in [2.24, 2.45) is 0 Å². The van der Waals surface area contributed by atoms with Crippen LogP contribution in [0, 0.1) is 6.92 Å². The summed E-state index contributed by atoms with van der Waals surface area (Å²) in [5, 5.41) is 12.7. The predicted molar refractivity (Wildman–Crippen MR) is 218 cm³/mol. The lowest BCUT2D eigenvalue weighted by Gasteiger charge is -2.16. The van der Waals surface area contributed by atoms with Gasteiger partial charge >= 0.3 is 0 Å². The van der Waals surface area contributed by atoms with Crippen LogP contribution in [0.15, 0.2) is 182 Å². The Kier molecular flexibility index (Phi) is 6.79. The van der Waals surface area contributed by atoms with E-state index in [4.69, 9.17) is 0 Å². The van der Waals surface area contributed by atoms with E-state index in [1.807, 2.05) is 18.3 Å². The average Bonchev–Trinajstić information content (AvgIpc) is 3.20. The highest BCUT2D eigenvalue weighted by atomic mass is 14.7. The number of aryl methyl sites for hydroxylation is 1. The molecule has 0 N–H and O–H groups in total. The smallest absolute Gasteiger partial charge is 0.0708 e. The molecule has 0 bridgehead atoms. The summed E-state index contributed by atoms with van der Waals surface area (Å²) in [6.07, 6.45) is 1.86. The summed E-state index contributed by atoms with van der Waals surface area (Å²) in [5.74, 6) is 0. The van der Waals surface area contributed by atoms with Gasteiger partial charge in [0.15, 0.2) is 0 Å². The van der Waals surface area contributed by atoms with Crippen LogP contribution in [0.25, 0.3) is 98.5 Å². The molecule has 10 aromatic rings. The molecule has 0 aliphatic carbocycles. The second-order valence-corrected chi connectivity index (χ2v) is 13.5. The molecule has 0 saturated carbocycles. The molecule has 0 amide bonds. The zero-order valence-corrected chi connectivity index (χ0v) is 28.3. The summed E-state index contributed by atoms with van der Waals surface area (Å²) >= 11 is 0. The third kappa shape index (κ3) is 4.81. The number of fused-ring (bicyclic) bond motifs is 7. The Balaban J connectivity index is 1.07. The zero-order chi connectivity index (χ0) is 33.9. The number of pyridine rings is 1. The van der Waals surface area contributed by atoms with Crippen LogP contribution < -0.4 is 0 Å². The van der Waals surface area contributed by atoms with Crippen LogP contribution in [0.1, 0.15) is 5.56 Å². The van der Waals surface area contributed by atoms with Crippen molar-refractivity contribution in [1.29, 1.82) is 0 Å². The van der Waals surface area contributed by atoms with Crippen LogP contribution in [0.3, 0.4) is 0 Å². The Labute approximate surface area is 297 Å². The molecule has 0 spiro atoms. The minimum absolute atomic E-state index is 0.993. The Bertz CT molecular complexity index is 2960. The van der Waals surface area contributed by atoms with Crippen LogP contribution in [0.4, 0.5) is 0 Å². The van der Waals surface area contributed by atoms with Crippen molar-refractivity contribution in [2.75, 3.05) is 0 Å². The van der Waals surface area contributed by atoms with Crippen LogP contribution >= 0.6 is 0 Å². The van der Waals surface area contributed by atoms with Crippen molar-refractivity contribution in [3.05, 3.63) is 188 Å². The maximum atomic E-state index is 4.63. The third-order valence-corrected chi connectivity index (χ3v) is 10.6. The topological polar surface area (TPSA) is 12.9 Å². The molecule has 1 aromatic heterocycles. The van der Waals surface area contributed by atoms with Gasteiger partial charge in [-0.2, -0.15) is 0 Å². The van der Waals surface area contributed by atoms with E-state index in [1.165, 1.54) is 92.8 Å². The molecule has 1 heteroatoms. The van der Waals surface area contributed by atoms with E-state index < -0.39 is 0 Å². The first-order valence-electron chi connectivity index (χ1n) is 17.6. The van der Waals surface area contributed by atoms with E-state index >= 15 is 0 Å². The number of rotatable bonds is 4. The van der Waals surface area contributed by atoms with Gasteiger partial charge in [0.05, 0.1) is 5.69 Å². The second kappa shape index (κ2) is 11.8. The van der Waals surface area contributed by atoms with Crippen molar-refractivity contribution >= 4 is 53.9 Å². The molecule has 0 saturated heterocycles. The standard InChI is InChI=1S/C50H33N/c1-32-9-6-10-35-22-23-37-12-8-16-46(50(37)48(32)35)45-15-7-11-36-24-25-39-31-38(26-27-41(39)49(36)45)33-18-20-34(21-19-33)40-28-29-44(47-17-4-5-30-51-47)43-14-3-2-13-42(40)43/h2-31H,1H3. The van der Waals surface area contributed by atoms with E-state index in [0.717, 1.165) is 11.3 Å². The molecule has 0 aliphatic heterocycles. The quantitative estimate of drug-likeness (QED) is 0.173. The zero-order valence-electron chi connectivity index (χ0n) is 28.3. The largest absolute Gasteiger partial charge is 0.256 e. The first kappa shape index (κ1) is 29.4. The molecule has 1 nitrogen and oxygen atoms in total. The van der Waals surface area contributed by atoms with E-state index in [9.17, 15) is 0 Å². The highest BCUT2D eigenvalue weighted by Gasteiger charge is 2.15. The highest BCUT2D eigenvalue weighted by Crippen LogP contribution is 2.42. The van der Waals surface area contributed by atoms with Crippen LogP contribution in [0.2, 0.25) is 0 Å². The molecular weight excluding hydrogens is 615 g/mol.